The van der Waals surface area contributed by atoms with Crippen LogP contribution >= 0.6 is 11.8 Å². The molecule has 0 spiro atoms. The van der Waals surface area contributed by atoms with E-state index in [1.807, 2.05) is 23.9 Å². The molecular weight excluding hydrogens is 258 g/mol. The van der Waals surface area contributed by atoms with Gasteiger partial charge in [0, 0.05) is 24.2 Å². The smallest absolute Gasteiger partial charge is 0.127 e. The molecule has 0 saturated heterocycles. The van der Waals surface area contributed by atoms with Crippen molar-refractivity contribution in [3.8, 4) is 11.5 Å². The zero-order valence-electron chi connectivity index (χ0n) is 12.4. The van der Waals surface area contributed by atoms with Crippen molar-refractivity contribution in [3.05, 3.63) is 23.8 Å². The Bertz CT molecular complexity index is 369. The largest absolute Gasteiger partial charge is 0.497 e. The molecule has 0 aliphatic carbocycles. The van der Waals surface area contributed by atoms with Gasteiger partial charge in [0.1, 0.15) is 11.5 Å². The quantitative estimate of drug-likeness (QED) is 0.704. The average molecular weight is 283 g/mol. The highest BCUT2D eigenvalue weighted by Crippen LogP contribution is 2.25. The highest BCUT2D eigenvalue weighted by atomic mass is 32.2. The maximum absolute atomic E-state index is 5.88. The van der Waals surface area contributed by atoms with Crippen molar-refractivity contribution in [3.63, 3.8) is 0 Å². The van der Waals surface area contributed by atoms with Gasteiger partial charge >= 0.3 is 0 Å². The van der Waals surface area contributed by atoms with Gasteiger partial charge in [0.25, 0.3) is 0 Å². The summed E-state index contributed by atoms with van der Waals surface area (Å²) in [7, 11) is 1.68. The van der Waals surface area contributed by atoms with Gasteiger partial charge in [0.05, 0.1) is 13.7 Å². The van der Waals surface area contributed by atoms with E-state index in [9.17, 15) is 0 Å². The Morgan fingerprint density at radius 3 is 2.74 bits per heavy atom. The van der Waals surface area contributed by atoms with Crippen LogP contribution in [0.4, 0.5) is 0 Å². The summed E-state index contributed by atoms with van der Waals surface area (Å²) in [5.41, 5.74) is 1.18. The van der Waals surface area contributed by atoms with Gasteiger partial charge in [0.15, 0.2) is 0 Å². The van der Waals surface area contributed by atoms with E-state index in [2.05, 4.69) is 31.5 Å². The first kappa shape index (κ1) is 16.2. The molecule has 108 valence electrons. The molecule has 0 radical (unpaired) electrons. The molecule has 0 heterocycles. The van der Waals surface area contributed by atoms with Gasteiger partial charge in [-0.15, -0.1) is 0 Å². The van der Waals surface area contributed by atoms with Gasteiger partial charge in [-0.3, -0.25) is 0 Å². The van der Waals surface area contributed by atoms with Crippen LogP contribution < -0.4 is 14.8 Å². The van der Waals surface area contributed by atoms with E-state index in [-0.39, 0.29) is 0 Å². The van der Waals surface area contributed by atoms with Crippen molar-refractivity contribution in [1.82, 2.24) is 5.32 Å². The zero-order valence-corrected chi connectivity index (χ0v) is 13.2. The summed E-state index contributed by atoms with van der Waals surface area (Å²) in [5, 5.41) is 3.42. The number of thioether (sulfide) groups is 1. The molecule has 0 amide bonds. The Balaban J connectivity index is 2.66. The maximum atomic E-state index is 5.88. The SMILES string of the molecule is COc1ccc(CNC(C)C)c(OCCCSC)c1. The van der Waals surface area contributed by atoms with E-state index in [1.54, 1.807) is 7.11 Å². The fourth-order valence-electron chi connectivity index (χ4n) is 1.64. The van der Waals surface area contributed by atoms with Crippen LogP contribution in [0.1, 0.15) is 25.8 Å². The van der Waals surface area contributed by atoms with Crippen LogP contribution in [0.5, 0.6) is 11.5 Å². The first-order valence-electron chi connectivity index (χ1n) is 6.69. The van der Waals surface area contributed by atoms with Crippen molar-refractivity contribution in [2.75, 3.05) is 25.7 Å². The Hall–Kier alpha value is -0.870. The van der Waals surface area contributed by atoms with Gasteiger partial charge in [-0.05, 0) is 24.5 Å². The normalized spacial score (nSPS) is 10.8. The average Bonchev–Trinajstić information content (AvgIpc) is 2.41. The highest BCUT2D eigenvalue weighted by Gasteiger charge is 2.06. The fraction of sp³-hybridized carbons (Fsp3) is 0.600. The molecule has 0 aromatic heterocycles. The van der Waals surface area contributed by atoms with E-state index in [1.165, 1.54) is 5.56 Å². The minimum absolute atomic E-state index is 0.464. The maximum Gasteiger partial charge on any atom is 0.127 e. The first-order valence-corrected chi connectivity index (χ1v) is 8.08. The third kappa shape index (κ3) is 6.21. The van der Waals surface area contributed by atoms with Crippen molar-refractivity contribution < 1.29 is 9.47 Å². The van der Waals surface area contributed by atoms with Crippen molar-refractivity contribution in [1.29, 1.82) is 0 Å². The molecule has 0 fully saturated rings. The Morgan fingerprint density at radius 2 is 2.11 bits per heavy atom. The second kappa shape index (κ2) is 9.10. The lowest BCUT2D eigenvalue weighted by atomic mass is 10.2. The molecule has 19 heavy (non-hydrogen) atoms. The van der Waals surface area contributed by atoms with Crippen LogP contribution in [0.25, 0.3) is 0 Å². The Morgan fingerprint density at radius 1 is 1.32 bits per heavy atom. The summed E-state index contributed by atoms with van der Waals surface area (Å²) in [5.74, 6) is 2.89. The zero-order chi connectivity index (χ0) is 14.1. The lowest BCUT2D eigenvalue weighted by Crippen LogP contribution is -2.22. The summed E-state index contributed by atoms with van der Waals surface area (Å²) in [6, 6.07) is 6.48. The number of ether oxygens (including phenoxy) is 2. The monoisotopic (exact) mass is 283 g/mol. The molecule has 3 nitrogen and oxygen atoms in total. The van der Waals surface area contributed by atoms with Gasteiger partial charge < -0.3 is 14.8 Å². The third-order valence-corrected chi connectivity index (χ3v) is 3.42. The molecule has 1 aromatic carbocycles. The van der Waals surface area contributed by atoms with Crippen LogP contribution in [0, 0.1) is 0 Å². The van der Waals surface area contributed by atoms with Crippen molar-refractivity contribution >= 4 is 11.8 Å². The lowest BCUT2D eigenvalue weighted by molar-refractivity contribution is 0.311. The molecule has 1 N–H and O–H groups in total. The molecule has 0 atom stereocenters. The van der Waals surface area contributed by atoms with Crippen molar-refractivity contribution in [2.24, 2.45) is 0 Å². The summed E-state index contributed by atoms with van der Waals surface area (Å²) >= 11 is 1.85. The number of hydrogen-bond donors (Lipinski definition) is 1. The first-order chi connectivity index (χ1) is 9.17. The lowest BCUT2D eigenvalue weighted by Gasteiger charge is -2.15. The molecular formula is C15H25NO2S. The minimum atomic E-state index is 0.464. The number of methoxy groups -OCH3 is 1. The van der Waals surface area contributed by atoms with E-state index in [0.29, 0.717) is 6.04 Å². The number of hydrogen-bond acceptors (Lipinski definition) is 4. The number of benzene rings is 1. The minimum Gasteiger partial charge on any atom is -0.497 e. The van der Waals surface area contributed by atoms with Crippen LogP contribution in [-0.2, 0) is 6.54 Å². The second-order valence-corrected chi connectivity index (χ2v) is 5.69. The molecule has 0 bridgehead atoms. The molecule has 0 aliphatic rings. The number of rotatable bonds is 9. The van der Waals surface area contributed by atoms with Crippen LogP contribution in [0.15, 0.2) is 18.2 Å². The summed E-state index contributed by atoms with van der Waals surface area (Å²) < 4.78 is 11.1. The van der Waals surface area contributed by atoms with E-state index in [4.69, 9.17) is 9.47 Å². The Labute approximate surface area is 121 Å². The van der Waals surface area contributed by atoms with E-state index >= 15 is 0 Å². The molecule has 0 unspecified atom stereocenters. The van der Waals surface area contributed by atoms with Crippen LogP contribution in [-0.4, -0.2) is 31.8 Å². The number of nitrogens with one attached hydrogen (secondary N) is 1. The summed E-state index contributed by atoms with van der Waals surface area (Å²) in [4.78, 5) is 0. The van der Waals surface area contributed by atoms with Gasteiger partial charge in [-0.25, -0.2) is 0 Å². The van der Waals surface area contributed by atoms with Gasteiger partial charge in [-0.1, -0.05) is 19.9 Å². The van der Waals surface area contributed by atoms with E-state index < -0.39 is 0 Å². The molecule has 1 aromatic rings. The topological polar surface area (TPSA) is 30.5 Å². The van der Waals surface area contributed by atoms with Crippen molar-refractivity contribution in [2.45, 2.75) is 32.9 Å². The van der Waals surface area contributed by atoms with Gasteiger partial charge in [0.2, 0.25) is 0 Å². The van der Waals surface area contributed by atoms with Crippen LogP contribution in [0.2, 0.25) is 0 Å². The second-order valence-electron chi connectivity index (χ2n) is 4.70. The summed E-state index contributed by atoms with van der Waals surface area (Å²) in [6.07, 6.45) is 3.18. The van der Waals surface area contributed by atoms with E-state index in [0.717, 1.165) is 36.8 Å². The molecule has 0 saturated carbocycles. The molecule has 4 heteroatoms. The molecule has 1 rings (SSSR count). The summed E-state index contributed by atoms with van der Waals surface area (Å²) in [6.45, 7) is 5.85. The standard InChI is InChI=1S/C15H25NO2S/c1-12(2)16-11-13-6-7-14(17-3)10-15(13)18-8-5-9-19-4/h6-7,10,12,16H,5,8-9,11H2,1-4H3. The third-order valence-electron chi connectivity index (χ3n) is 2.73. The molecule has 0 aliphatic heterocycles. The predicted molar refractivity (Wildman–Crippen MR) is 83.5 cm³/mol. The Kier molecular flexibility index (Phi) is 7.75. The highest BCUT2D eigenvalue weighted by molar-refractivity contribution is 7.98. The van der Waals surface area contributed by atoms with Crippen LogP contribution in [0.3, 0.4) is 0 Å². The predicted octanol–water partition coefficient (Wildman–Crippen LogP) is 3.33. The van der Waals surface area contributed by atoms with Gasteiger partial charge in [-0.2, -0.15) is 11.8 Å². The fourth-order valence-corrected chi connectivity index (χ4v) is 2.05.